The lowest BCUT2D eigenvalue weighted by atomic mass is 9.91. The van der Waals surface area contributed by atoms with Crippen LogP contribution in [0.1, 0.15) is 38.5 Å². The van der Waals surface area contributed by atoms with Crippen molar-refractivity contribution in [1.29, 1.82) is 0 Å². The lowest BCUT2D eigenvalue weighted by molar-refractivity contribution is -0.133. The van der Waals surface area contributed by atoms with E-state index in [-0.39, 0.29) is 0 Å². The summed E-state index contributed by atoms with van der Waals surface area (Å²) < 4.78 is 5.49. The minimum absolute atomic E-state index is 0.376. The third kappa shape index (κ3) is 4.91. The molecule has 3 aliphatic rings. The van der Waals surface area contributed by atoms with Gasteiger partial charge in [0.1, 0.15) is 0 Å². The van der Waals surface area contributed by atoms with Crippen LogP contribution in [0.25, 0.3) is 0 Å². The number of ether oxygens (including phenoxy) is 1. The predicted molar refractivity (Wildman–Crippen MR) is 91.4 cm³/mol. The molecule has 0 aromatic carbocycles. The Bertz CT molecular complexity index is 376. The van der Waals surface area contributed by atoms with E-state index in [0.717, 1.165) is 58.3 Å². The zero-order chi connectivity index (χ0) is 16.1. The largest absolute Gasteiger partial charge is 0.381 e. The maximum absolute atomic E-state index is 12.4. The first kappa shape index (κ1) is 17.2. The molecule has 3 heterocycles. The average Bonchev–Trinajstić information content (AvgIpc) is 2.61. The van der Waals surface area contributed by atoms with E-state index in [0.29, 0.717) is 11.8 Å². The highest BCUT2D eigenvalue weighted by Crippen LogP contribution is 2.26. The van der Waals surface area contributed by atoms with Crippen molar-refractivity contribution in [2.45, 2.75) is 44.6 Å². The Morgan fingerprint density at radius 2 is 1.78 bits per heavy atom. The number of piperidine rings is 1. The lowest BCUT2D eigenvalue weighted by Crippen LogP contribution is -2.47. The van der Waals surface area contributed by atoms with E-state index in [1.807, 2.05) is 0 Å². The molecule has 0 aromatic heterocycles. The fraction of sp³-hybridized carbons (Fsp3) is 0.944. The predicted octanol–water partition coefficient (Wildman–Crippen LogP) is 1.43. The molecular formula is C18H33N3O2. The van der Waals surface area contributed by atoms with Gasteiger partial charge in [0.2, 0.25) is 5.91 Å². The van der Waals surface area contributed by atoms with E-state index in [4.69, 9.17) is 4.74 Å². The zero-order valence-corrected chi connectivity index (χ0v) is 14.7. The van der Waals surface area contributed by atoms with Gasteiger partial charge < -0.3 is 14.5 Å². The van der Waals surface area contributed by atoms with E-state index >= 15 is 0 Å². The van der Waals surface area contributed by atoms with Crippen LogP contribution in [0.15, 0.2) is 0 Å². The van der Waals surface area contributed by atoms with Gasteiger partial charge in [-0.3, -0.25) is 9.69 Å². The SMILES string of the molecule is CN1CCN(C(=O)CCC2CCCN(C3CCOCC3)C2)CC1. The van der Waals surface area contributed by atoms with Crippen LogP contribution in [0.2, 0.25) is 0 Å². The van der Waals surface area contributed by atoms with Crippen molar-refractivity contribution in [3.8, 4) is 0 Å². The second-order valence-corrected chi connectivity index (χ2v) is 7.57. The standard InChI is InChI=1S/C18H33N3O2/c1-19-9-11-20(12-10-19)18(22)5-4-16-3-2-8-21(15-16)17-6-13-23-14-7-17/h16-17H,2-15H2,1H3. The molecule has 0 N–H and O–H groups in total. The van der Waals surface area contributed by atoms with E-state index in [1.165, 1.54) is 38.8 Å². The number of nitrogens with zero attached hydrogens (tertiary/aromatic N) is 3. The van der Waals surface area contributed by atoms with Gasteiger partial charge in [-0.2, -0.15) is 0 Å². The number of carbonyl (C=O) groups excluding carboxylic acids is 1. The third-order valence-corrected chi connectivity index (χ3v) is 5.88. The Balaban J connectivity index is 1.40. The molecule has 5 heteroatoms. The summed E-state index contributed by atoms with van der Waals surface area (Å²) in [6.45, 7) is 8.15. The molecule has 132 valence electrons. The molecule has 3 rings (SSSR count). The van der Waals surface area contributed by atoms with Crippen molar-refractivity contribution < 1.29 is 9.53 Å². The van der Waals surface area contributed by atoms with Crippen molar-refractivity contribution in [1.82, 2.24) is 14.7 Å². The highest BCUT2D eigenvalue weighted by atomic mass is 16.5. The van der Waals surface area contributed by atoms with Crippen molar-refractivity contribution in [3.05, 3.63) is 0 Å². The summed E-state index contributed by atoms with van der Waals surface area (Å²) in [5.74, 6) is 1.09. The van der Waals surface area contributed by atoms with Gasteiger partial charge in [-0.15, -0.1) is 0 Å². The van der Waals surface area contributed by atoms with Gasteiger partial charge in [0.25, 0.3) is 0 Å². The minimum Gasteiger partial charge on any atom is -0.381 e. The van der Waals surface area contributed by atoms with Crippen molar-refractivity contribution in [2.75, 3.05) is 59.5 Å². The molecule has 0 aromatic rings. The molecule has 1 unspecified atom stereocenters. The summed E-state index contributed by atoms with van der Waals surface area (Å²) in [5, 5.41) is 0. The average molecular weight is 323 g/mol. The first-order valence-corrected chi connectivity index (χ1v) is 9.50. The van der Waals surface area contributed by atoms with Crippen molar-refractivity contribution >= 4 is 5.91 Å². The molecule has 23 heavy (non-hydrogen) atoms. The second-order valence-electron chi connectivity index (χ2n) is 7.57. The summed E-state index contributed by atoms with van der Waals surface area (Å²) in [6, 6.07) is 0.722. The maximum atomic E-state index is 12.4. The summed E-state index contributed by atoms with van der Waals surface area (Å²) in [5.41, 5.74) is 0. The number of amides is 1. The highest BCUT2D eigenvalue weighted by Gasteiger charge is 2.28. The molecule has 3 aliphatic heterocycles. The molecule has 5 nitrogen and oxygen atoms in total. The summed E-state index contributed by atoms with van der Waals surface area (Å²) >= 11 is 0. The van der Waals surface area contributed by atoms with E-state index in [2.05, 4.69) is 21.7 Å². The molecule has 0 saturated carbocycles. The van der Waals surface area contributed by atoms with Gasteiger partial charge in [-0.1, -0.05) is 0 Å². The van der Waals surface area contributed by atoms with Crippen molar-refractivity contribution in [2.24, 2.45) is 5.92 Å². The first-order chi connectivity index (χ1) is 11.2. The topological polar surface area (TPSA) is 36.0 Å². The highest BCUT2D eigenvalue weighted by molar-refractivity contribution is 5.76. The maximum Gasteiger partial charge on any atom is 0.222 e. The summed E-state index contributed by atoms with van der Waals surface area (Å²) in [6.07, 6.45) is 6.79. The second kappa shape index (κ2) is 8.45. The molecule has 0 radical (unpaired) electrons. The third-order valence-electron chi connectivity index (χ3n) is 5.88. The quantitative estimate of drug-likeness (QED) is 0.784. The number of hydrogen-bond donors (Lipinski definition) is 0. The molecule has 3 saturated heterocycles. The molecular weight excluding hydrogens is 290 g/mol. The van der Waals surface area contributed by atoms with Gasteiger partial charge >= 0.3 is 0 Å². The van der Waals surface area contributed by atoms with Crippen molar-refractivity contribution in [3.63, 3.8) is 0 Å². The summed E-state index contributed by atoms with van der Waals surface area (Å²) in [7, 11) is 2.13. The fourth-order valence-corrected chi connectivity index (χ4v) is 4.26. The van der Waals surface area contributed by atoms with Crippen LogP contribution >= 0.6 is 0 Å². The molecule has 1 amide bonds. The number of likely N-dealkylation sites (tertiary alicyclic amines) is 1. The molecule has 0 bridgehead atoms. The van der Waals surface area contributed by atoms with Gasteiger partial charge in [0.15, 0.2) is 0 Å². The number of piperazine rings is 1. The zero-order valence-electron chi connectivity index (χ0n) is 14.7. The lowest BCUT2D eigenvalue weighted by Gasteiger charge is -2.40. The summed E-state index contributed by atoms with van der Waals surface area (Å²) in [4.78, 5) is 19.5. The van der Waals surface area contributed by atoms with Gasteiger partial charge in [0.05, 0.1) is 0 Å². The Morgan fingerprint density at radius 1 is 1.04 bits per heavy atom. The van der Waals surface area contributed by atoms with E-state index in [9.17, 15) is 4.79 Å². The Hall–Kier alpha value is -0.650. The fourth-order valence-electron chi connectivity index (χ4n) is 4.26. The Kier molecular flexibility index (Phi) is 6.31. The van der Waals surface area contributed by atoms with Crippen LogP contribution < -0.4 is 0 Å². The van der Waals surface area contributed by atoms with Crippen LogP contribution in [0.3, 0.4) is 0 Å². The Morgan fingerprint density at radius 3 is 2.52 bits per heavy atom. The van der Waals surface area contributed by atoms with Gasteiger partial charge in [-0.25, -0.2) is 0 Å². The number of likely N-dealkylation sites (N-methyl/N-ethyl adjacent to an activating group) is 1. The van der Waals surface area contributed by atoms with E-state index < -0.39 is 0 Å². The number of hydrogen-bond acceptors (Lipinski definition) is 4. The van der Waals surface area contributed by atoms with E-state index in [1.54, 1.807) is 0 Å². The Labute approximate surface area is 140 Å². The number of rotatable bonds is 4. The van der Waals surface area contributed by atoms with Gasteiger partial charge in [-0.05, 0) is 51.6 Å². The molecule has 0 spiro atoms. The van der Waals surface area contributed by atoms with Gasteiger partial charge in [0, 0.05) is 58.4 Å². The minimum atomic E-state index is 0.376. The van der Waals surface area contributed by atoms with Crippen LogP contribution in [0.4, 0.5) is 0 Å². The van der Waals surface area contributed by atoms with Crippen LogP contribution in [-0.2, 0) is 9.53 Å². The molecule has 1 atom stereocenters. The molecule has 3 fully saturated rings. The number of carbonyl (C=O) groups is 1. The first-order valence-electron chi connectivity index (χ1n) is 9.50. The van der Waals surface area contributed by atoms with Crippen LogP contribution in [0, 0.1) is 5.92 Å². The normalized spacial score (nSPS) is 28.9. The molecule has 0 aliphatic carbocycles. The smallest absolute Gasteiger partial charge is 0.222 e. The van der Waals surface area contributed by atoms with Crippen LogP contribution in [0.5, 0.6) is 0 Å². The van der Waals surface area contributed by atoms with Crippen LogP contribution in [-0.4, -0.2) is 86.2 Å². The monoisotopic (exact) mass is 323 g/mol.